The average molecular weight is 497 g/mol. The van der Waals surface area contributed by atoms with Crippen molar-refractivity contribution in [3.8, 4) is 11.8 Å². The molecule has 0 bridgehead atoms. The lowest BCUT2D eigenvalue weighted by Crippen LogP contribution is -2.13. The van der Waals surface area contributed by atoms with Crippen LogP contribution in [0.2, 0.25) is 0 Å². The molecular formula is C28H21BrN2O2. The minimum absolute atomic E-state index is 0.00911. The molecule has 1 amide bonds. The van der Waals surface area contributed by atoms with Gasteiger partial charge >= 0.3 is 0 Å². The number of amides is 1. The summed E-state index contributed by atoms with van der Waals surface area (Å²) in [5, 5.41) is 14.7. The number of benzene rings is 4. The van der Waals surface area contributed by atoms with Crippen LogP contribution in [-0.2, 0) is 11.4 Å². The molecule has 0 spiro atoms. The molecule has 0 aliphatic rings. The number of aryl methyl sites for hydroxylation is 1. The molecule has 5 heteroatoms. The molecule has 33 heavy (non-hydrogen) atoms. The third-order valence-electron chi connectivity index (χ3n) is 5.12. The molecule has 4 aromatic carbocycles. The van der Waals surface area contributed by atoms with E-state index in [1.165, 1.54) is 5.39 Å². The quantitative estimate of drug-likeness (QED) is 0.230. The fraction of sp³-hybridized carbons (Fsp3) is 0.0714. The van der Waals surface area contributed by atoms with Crippen molar-refractivity contribution in [2.24, 2.45) is 0 Å². The molecule has 162 valence electrons. The Labute approximate surface area is 201 Å². The Morgan fingerprint density at radius 3 is 2.61 bits per heavy atom. The summed E-state index contributed by atoms with van der Waals surface area (Å²) in [6.45, 7) is 2.31. The minimum Gasteiger partial charge on any atom is -0.488 e. The first-order valence-corrected chi connectivity index (χ1v) is 11.2. The number of nitrogens with zero attached hydrogens (tertiary/aromatic N) is 1. The summed E-state index contributed by atoms with van der Waals surface area (Å²) >= 11 is 3.46. The number of carbonyl (C=O) groups is 1. The summed E-state index contributed by atoms with van der Waals surface area (Å²) in [5.41, 5.74) is 3.32. The molecule has 0 aromatic heterocycles. The first-order chi connectivity index (χ1) is 16.0. The van der Waals surface area contributed by atoms with Crippen LogP contribution in [0.15, 0.2) is 95.0 Å². The molecule has 0 aliphatic carbocycles. The Hall–Kier alpha value is -3.88. The van der Waals surface area contributed by atoms with E-state index in [1.54, 1.807) is 12.1 Å². The first kappa shape index (κ1) is 22.3. The Balaban J connectivity index is 1.56. The number of fused-ring (bicyclic) bond motifs is 1. The number of hydrogen-bond acceptors (Lipinski definition) is 3. The molecule has 4 aromatic rings. The molecule has 0 saturated carbocycles. The van der Waals surface area contributed by atoms with Gasteiger partial charge in [0, 0.05) is 15.7 Å². The van der Waals surface area contributed by atoms with Crippen LogP contribution in [0.3, 0.4) is 0 Å². The number of hydrogen-bond donors (Lipinski definition) is 1. The fourth-order valence-electron chi connectivity index (χ4n) is 3.48. The van der Waals surface area contributed by atoms with Crippen molar-refractivity contribution in [3.63, 3.8) is 0 Å². The van der Waals surface area contributed by atoms with E-state index in [4.69, 9.17) is 4.74 Å². The second kappa shape index (κ2) is 10.2. The van der Waals surface area contributed by atoms with Gasteiger partial charge in [-0.2, -0.15) is 5.26 Å². The predicted molar refractivity (Wildman–Crippen MR) is 136 cm³/mol. The number of ether oxygens (including phenoxy) is 1. The highest BCUT2D eigenvalue weighted by Crippen LogP contribution is 2.27. The maximum Gasteiger partial charge on any atom is 0.266 e. The highest BCUT2D eigenvalue weighted by Gasteiger charge is 2.12. The molecule has 0 atom stereocenters. The van der Waals surface area contributed by atoms with Gasteiger partial charge in [-0.05, 0) is 71.3 Å². The first-order valence-electron chi connectivity index (χ1n) is 10.4. The van der Waals surface area contributed by atoms with Gasteiger partial charge in [-0.1, -0.05) is 64.5 Å². The number of anilines is 1. The number of nitriles is 1. The normalized spacial score (nSPS) is 11.1. The zero-order valence-corrected chi connectivity index (χ0v) is 19.6. The molecule has 0 unspecified atom stereocenters. The Bertz CT molecular complexity index is 1400. The average Bonchev–Trinajstić information content (AvgIpc) is 2.81. The molecule has 4 rings (SSSR count). The second-order valence-electron chi connectivity index (χ2n) is 7.65. The summed E-state index contributed by atoms with van der Waals surface area (Å²) in [6, 6.07) is 29.3. The van der Waals surface area contributed by atoms with Crippen LogP contribution in [0, 0.1) is 18.3 Å². The third-order valence-corrected chi connectivity index (χ3v) is 5.61. The van der Waals surface area contributed by atoms with Crippen molar-refractivity contribution in [2.75, 3.05) is 5.32 Å². The largest absolute Gasteiger partial charge is 0.488 e. The van der Waals surface area contributed by atoms with Crippen molar-refractivity contribution in [2.45, 2.75) is 13.5 Å². The van der Waals surface area contributed by atoms with E-state index in [0.29, 0.717) is 23.6 Å². The number of halogens is 1. The minimum atomic E-state index is -0.469. The van der Waals surface area contributed by atoms with Crippen molar-refractivity contribution >= 4 is 44.4 Å². The topological polar surface area (TPSA) is 62.1 Å². The van der Waals surface area contributed by atoms with Crippen molar-refractivity contribution < 1.29 is 9.53 Å². The lowest BCUT2D eigenvalue weighted by Gasteiger charge is -2.11. The van der Waals surface area contributed by atoms with Gasteiger partial charge in [0.15, 0.2) is 0 Å². The number of rotatable bonds is 6. The smallest absolute Gasteiger partial charge is 0.266 e. The van der Waals surface area contributed by atoms with Crippen molar-refractivity contribution in [1.29, 1.82) is 5.26 Å². The van der Waals surface area contributed by atoms with Crippen molar-refractivity contribution in [1.82, 2.24) is 0 Å². The van der Waals surface area contributed by atoms with E-state index in [1.807, 2.05) is 67.6 Å². The van der Waals surface area contributed by atoms with Gasteiger partial charge < -0.3 is 10.1 Å². The SMILES string of the molecule is Cc1cccc(NC(=O)/C(C#N)=C/c2cc(Br)ccc2OCc2ccc3ccccc3c2)c1. The summed E-state index contributed by atoms with van der Waals surface area (Å²) in [7, 11) is 0. The van der Waals surface area contributed by atoms with Gasteiger partial charge in [0.05, 0.1) is 0 Å². The van der Waals surface area contributed by atoms with Crippen LogP contribution in [-0.4, -0.2) is 5.91 Å². The molecule has 0 aliphatic heterocycles. The molecule has 0 saturated heterocycles. The van der Waals surface area contributed by atoms with Crippen LogP contribution in [0.25, 0.3) is 16.8 Å². The van der Waals surface area contributed by atoms with Crippen LogP contribution < -0.4 is 10.1 Å². The van der Waals surface area contributed by atoms with Crippen LogP contribution >= 0.6 is 15.9 Å². The predicted octanol–water partition coefficient (Wildman–Crippen LogP) is 7.04. The van der Waals surface area contributed by atoms with E-state index >= 15 is 0 Å². The van der Waals surface area contributed by atoms with E-state index in [2.05, 4.69) is 45.5 Å². The van der Waals surface area contributed by atoms with E-state index in [0.717, 1.165) is 21.0 Å². The molecule has 4 nitrogen and oxygen atoms in total. The number of nitrogens with one attached hydrogen (secondary N) is 1. The lowest BCUT2D eigenvalue weighted by molar-refractivity contribution is -0.112. The monoisotopic (exact) mass is 496 g/mol. The maximum absolute atomic E-state index is 12.7. The van der Waals surface area contributed by atoms with Gasteiger partial charge in [-0.3, -0.25) is 4.79 Å². The van der Waals surface area contributed by atoms with E-state index < -0.39 is 5.91 Å². The Kier molecular flexibility index (Phi) is 6.87. The standard InChI is InChI=1S/C28H21BrN2O2/c1-19-5-4-8-26(13-19)31-28(32)24(17-30)15-23-16-25(29)11-12-27(23)33-18-20-9-10-21-6-2-3-7-22(21)14-20/h2-16H,18H2,1H3,(H,31,32)/b24-15+. The summed E-state index contributed by atoms with van der Waals surface area (Å²) in [5.74, 6) is 0.117. The van der Waals surface area contributed by atoms with Crippen molar-refractivity contribution in [3.05, 3.63) is 112 Å². The van der Waals surface area contributed by atoms with Gasteiger partial charge in [0.2, 0.25) is 0 Å². The Morgan fingerprint density at radius 2 is 1.82 bits per heavy atom. The van der Waals surface area contributed by atoms with Gasteiger partial charge in [0.25, 0.3) is 5.91 Å². The van der Waals surface area contributed by atoms with E-state index in [-0.39, 0.29) is 5.57 Å². The Morgan fingerprint density at radius 1 is 1.00 bits per heavy atom. The fourth-order valence-corrected chi connectivity index (χ4v) is 3.86. The maximum atomic E-state index is 12.7. The van der Waals surface area contributed by atoms with Crippen LogP contribution in [0.4, 0.5) is 5.69 Å². The van der Waals surface area contributed by atoms with Gasteiger partial charge in [0.1, 0.15) is 24.0 Å². The molecule has 0 heterocycles. The van der Waals surface area contributed by atoms with E-state index in [9.17, 15) is 10.1 Å². The summed E-state index contributed by atoms with van der Waals surface area (Å²) in [4.78, 5) is 12.7. The third kappa shape index (κ3) is 5.68. The zero-order chi connectivity index (χ0) is 23.2. The molecule has 0 radical (unpaired) electrons. The van der Waals surface area contributed by atoms with Crippen LogP contribution in [0.1, 0.15) is 16.7 Å². The molecular weight excluding hydrogens is 476 g/mol. The highest BCUT2D eigenvalue weighted by atomic mass is 79.9. The van der Waals surface area contributed by atoms with Gasteiger partial charge in [-0.25, -0.2) is 0 Å². The summed E-state index contributed by atoms with van der Waals surface area (Å²) < 4.78 is 6.90. The van der Waals surface area contributed by atoms with Gasteiger partial charge in [-0.15, -0.1) is 0 Å². The zero-order valence-electron chi connectivity index (χ0n) is 18.0. The molecule has 0 fully saturated rings. The lowest BCUT2D eigenvalue weighted by atomic mass is 10.1. The highest BCUT2D eigenvalue weighted by molar-refractivity contribution is 9.10. The number of carbonyl (C=O) groups excluding carboxylic acids is 1. The van der Waals surface area contributed by atoms with Crippen LogP contribution in [0.5, 0.6) is 5.75 Å². The second-order valence-corrected chi connectivity index (χ2v) is 8.56. The molecule has 1 N–H and O–H groups in total. The summed E-state index contributed by atoms with van der Waals surface area (Å²) in [6.07, 6.45) is 1.55.